The fraction of sp³-hybridized carbons (Fsp3) is 0.882. The van der Waals surface area contributed by atoms with Crippen LogP contribution in [0.25, 0.3) is 0 Å². The Hall–Kier alpha value is -1.30. The van der Waals surface area contributed by atoms with Crippen LogP contribution in [-0.4, -0.2) is 65.5 Å². The van der Waals surface area contributed by atoms with Crippen LogP contribution in [0.3, 0.4) is 0 Å². The van der Waals surface area contributed by atoms with E-state index in [0.29, 0.717) is 31.7 Å². The van der Waals surface area contributed by atoms with Crippen molar-refractivity contribution in [1.82, 2.24) is 9.80 Å². The predicted octanol–water partition coefficient (Wildman–Crippen LogP) is 3.03. The molecule has 0 aromatic heterocycles. The highest BCUT2D eigenvalue weighted by atomic mass is 16.6. The molecular formula is C17H31N3O3. The summed E-state index contributed by atoms with van der Waals surface area (Å²) in [6, 6.07) is 0.536. The Labute approximate surface area is 139 Å². The molecule has 23 heavy (non-hydrogen) atoms. The third kappa shape index (κ3) is 5.37. The minimum Gasteiger partial charge on any atom is -0.465 e. The molecule has 2 saturated heterocycles. The van der Waals surface area contributed by atoms with E-state index in [4.69, 9.17) is 9.94 Å². The van der Waals surface area contributed by atoms with E-state index >= 15 is 0 Å². The number of amides is 1. The van der Waals surface area contributed by atoms with E-state index in [1.807, 2.05) is 0 Å². The van der Waals surface area contributed by atoms with Gasteiger partial charge in [0.25, 0.3) is 0 Å². The van der Waals surface area contributed by atoms with Crippen LogP contribution in [-0.2, 0) is 4.84 Å². The van der Waals surface area contributed by atoms with Crippen molar-refractivity contribution in [2.45, 2.75) is 58.4 Å². The lowest BCUT2D eigenvalue weighted by molar-refractivity contribution is 0.124. The maximum atomic E-state index is 11.1. The highest BCUT2D eigenvalue weighted by Crippen LogP contribution is 2.25. The van der Waals surface area contributed by atoms with Gasteiger partial charge in [0, 0.05) is 25.0 Å². The van der Waals surface area contributed by atoms with Crippen LogP contribution in [0.1, 0.15) is 52.4 Å². The molecule has 0 spiro atoms. The lowest BCUT2D eigenvalue weighted by Crippen LogP contribution is -2.43. The van der Waals surface area contributed by atoms with Crippen molar-refractivity contribution in [3.63, 3.8) is 0 Å². The first kappa shape index (κ1) is 18.0. The summed E-state index contributed by atoms with van der Waals surface area (Å²) in [5.41, 5.74) is 1.12. The minimum absolute atomic E-state index is 0.532. The molecule has 1 amide bonds. The number of likely N-dealkylation sites (tertiary alicyclic amines) is 2. The summed E-state index contributed by atoms with van der Waals surface area (Å²) in [5, 5.41) is 13.4. The van der Waals surface area contributed by atoms with Gasteiger partial charge in [0.2, 0.25) is 0 Å². The molecule has 2 aliphatic rings. The van der Waals surface area contributed by atoms with E-state index in [-0.39, 0.29) is 0 Å². The van der Waals surface area contributed by atoms with Crippen molar-refractivity contribution >= 4 is 11.8 Å². The molecule has 1 atom stereocenters. The van der Waals surface area contributed by atoms with Gasteiger partial charge in [0.1, 0.15) is 6.61 Å². The summed E-state index contributed by atoms with van der Waals surface area (Å²) in [7, 11) is 0. The molecule has 0 radical (unpaired) electrons. The molecule has 6 heteroatoms. The monoisotopic (exact) mass is 325 g/mol. The zero-order chi connectivity index (χ0) is 16.7. The summed E-state index contributed by atoms with van der Waals surface area (Å²) in [5.74, 6) is 0.532. The van der Waals surface area contributed by atoms with Gasteiger partial charge in [0.05, 0.1) is 5.71 Å². The number of piperidine rings is 1. The zero-order valence-corrected chi connectivity index (χ0v) is 14.5. The van der Waals surface area contributed by atoms with Gasteiger partial charge in [0.15, 0.2) is 0 Å². The Balaban J connectivity index is 1.78. The van der Waals surface area contributed by atoms with E-state index in [0.717, 1.165) is 57.3 Å². The molecule has 0 aliphatic carbocycles. The second-order valence-corrected chi connectivity index (χ2v) is 6.73. The summed E-state index contributed by atoms with van der Waals surface area (Å²) in [4.78, 5) is 20.5. The molecule has 132 valence electrons. The van der Waals surface area contributed by atoms with Crippen molar-refractivity contribution in [3.05, 3.63) is 0 Å². The van der Waals surface area contributed by atoms with Gasteiger partial charge in [-0.15, -0.1) is 0 Å². The molecular weight excluding hydrogens is 294 g/mol. The molecule has 2 rings (SSSR count). The maximum absolute atomic E-state index is 11.1. The predicted molar refractivity (Wildman–Crippen MR) is 90.9 cm³/mol. The Kier molecular flexibility index (Phi) is 7.15. The lowest BCUT2D eigenvalue weighted by atomic mass is 9.91. The minimum atomic E-state index is -0.775. The summed E-state index contributed by atoms with van der Waals surface area (Å²) in [6.07, 6.45) is 5.52. The number of hydrogen-bond donors (Lipinski definition) is 1. The smallest absolute Gasteiger partial charge is 0.407 e. The molecule has 1 N–H and O–H groups in total. The largest absolute Gasteiger partial charge is 0.465 e. The molecule has 0 saturated carbocycles. The molecule has 1 unspecified atom stereocenters. The van der Waals surface area contributed by atoms with E-state index in [2.05, 4.69) is 23.9 Å². The first-order valence-electron chi connectivity index (χ1n) is 9.00. The van der Waals surface area contributed by atoms with Gasteiger partial charge in [-0.05, 0) is 58.5 Å². The Morgan fingerprint density at radius 3 is 2.57 bits per heavy atom. The fourth-order valence-electron chi connectivity index (χ4n) is 3.63. The van der Waals surface area contributed by atoms with Gasteiger partial charge in [-0.25, -0.2) is 4.79 Å². The number of rotatable bonds is 5. The molecule has 2 aliphatic heterocycles. The van der Waals surface area contributed by atoms with Crippen molar-refractivity contribution < 1.29 is 14.7 Å². The van der Waals surface area contributed by atoms with Crippen LogP contribution in [0, 0.1) is 5.92 Å². The van der Waals surface area contributed by atoms with Crippen LogP contribution < -0.4 is 0 Å². The van der Waals surface area contributed by atoms with E-state index in [9.17, 15) is 4.79 Å². The Morgan fingerprint density at radius 2 is 1.91 bits per heavy atom. The van der Waals surface area contributed by atoms with Crippen molar-refractivity contribution in [2.24, 2.45) is 11.1 Å². The number of hydrogen-bond acceptors (Lipinski definition) is 4. The molecule has 0 aromatic carbocycles. The quantitative estimate of drug-likeness (QED) is 0.479. The highest BCUT2D eigenvalue weighted by Gasteiger charge is 2.28. The third-order valence-electron chi connectivity index (χ3n) is 5.11. The lowest BCUT2D eigenvalue weighted by Gasteiger charge is -2.37. The number of nitrogens with zero attached hydrogens (tertiary/aromatic N) is 3. The molecule has 6 nitrogen and oxygen atoms in total. The Bertz CT molecular complexity index is 406. The van der Waals surface area contributed by atoms with Crippen LogP contribution in [0.4, 0.5) is 4.79 Å². The molecule has 2 heterocycles. The first-order chi connectivity index (χ1) is 11.1. The molecule has 0 aromatic rings. The average molecular weight is 325 g/mol. The van der Waals surface area contributed by atoms with Crippen molar-refractivity contribution in [1.29, 1.82) is 0 Å². The molecule has 2 fully saturated rings. The van der Waals surface area contributed by atoms with Gasteiger partial charge >= 0.3 is 6.09 Å². The Morgan fingerprint density at radius 1 is 1.17 bits per heavy atom. The van der Waals surface area contributed by atoms with E-state index in [1.165, 1.54) is 0 Å². The SMILES string of the molecule is CCCON=C(C)C1CCN(C2CCCN(C(=O)O)CC2)CC1. The van der Waals surface area contributed by atoms with Crippen LogP contribution in [0.5, 0.6) is 0 Å². The second kappa shape index (κ2) is 9.11. The van der Waals surface area contributed by atoms with Crippen molar-refractivity contribution in [3.8, 4) is 0 Å². The van der Waals surface area contributed by atoms with Crippen LogP contribution >= 0.6 is 0 Å². The van der Waals surface area contributed by atoms with Crippen molar-refractivity contribution in [2.75, 3.05) is 32.8 Å². The zero-order valence-electron chi connectivity index (χ0n) is 14.5. The normalized spacial score (nSPS) is 25.2. The highest BCUT2D eigenvalue weighted by molar-refractivity contribution is 5.83. The topological polar surface area (TPSA) is 65.4 Å². The standard InChI is InChI=1S/C17H31N3O3/c1-3-13-23-18-14(2)15-6-10-19(11-7-15)16-5-4-9-20(12-8-16)17(21)22/h15-16H,3-13H2,1-2H3,(H,21,22). The van der Waals surface area contributed by atoms with E-state index < -0.39 is 6.09 Å². The first-order valence-corrected chi connectivity index (χ1v) is 9.00. The summed E-state index contributed by atoms with van der Waals surface area (Å²) >= 11 is 0. The van der Waals surface area contributed by atoms with Gasteiger partial charge in [-0.1, -0.05) is 12.1 Å². The van der Waals surface area contributed by atoms with Crippen LogP contribution in [0.15, 0.2) is 5.16 Å². The maximum Gasteiger partial charge on any atom is 0.407 e. The van der Waals surface area contributed by atoms with Gasteiger partial charge in [-0.2, -0.15) is 0 Å². The summed E-state index contributed by atoms with van der Waals surface area (Å²) < 4.78 is 0. The average Bonchev–Trinajstić information content (AvgIpc) is 2.81. The number of carbonyl (C=O) groups is 1. The van der Waals surface area contributed by atoms with Gasteiger partial charge < -0.3 is 19.7 Å². The van der Waals surface area contributed by atoms with Crippen LogP contribution in [0.2, 0.25) is 0 Å². The fourth-order valence-corrected chi connectivity index (χ4v) is 3.63. The number of carboxylic acid groups (broad SMARTS) is 1. The van der Waals surface area contributed by atoms with Gasteiger partial charge in [-0.3, -0.25) is 0 Å². The molecule has 0 bridgehead atoms. The summed E-state index contributed by atoms with van der Waals surface area (Å²) in [6.45, 7) is 8.38. The second-order valence-electron chi connectivity index (χ2n) is 6.73. The third-order valence-corrected chi connectivity index (χ3v) is 5.11. The van der Waals surface area contributed by atoms with E-state index in [1.54, 1.807) is 4.90 Å². The number of oxime groups is 1.